The van der Waals surface area contributed by atoms with Crippen LogP contribution in [0.1, 0.15) is 39.0 Å². The molecule has 0 aromatic carbocycles. The molecule has 1 aliphatic heterocycles. The van der Waals surface area contributed by atoms with Gasteiger partial charge in [-0.3, -0.25) is 0 Å². The minimum absolute atomic E-state index is 1.19. The molecular weight excluding hydrogens is 134 g/mol. The lowest BCUT2D eigenvalue weighted by Crippen LogP contribution is -2.13. The zero-order valence-electron chi connectivity index (χ0n) is 7.53. The summed E-state index contributed by atoms with van der Waals surface area (Å²) in [6.07, 6.45) is 8.93. The second-order valence-corrected chi connectivity index (χ2v) is 3.25. The van der Waals surface area contributed by atoms with E-state index < -0.39 is 0 Å². The molecular formula is C10H19N. The quantitative estimate of drug-likeness (QED) is 0.601. The fraction of sp³-hybridized carbons (Fsp3) is 0.800. The highest BCUT2D eigenvalue weighted by Gasteiger charge is 2.01. The maximum atomic E-state index is 3.41. The predicted molar refractivity (Wildman–Crippen MR) is 49.7 cm³/mol. The Morgan fingerprint density at radius 3 is 3.09 bits per heavy atom. The molecule has 1 saturated heterocycles. The van der Waals surface area contributed by atoms with Crippen LogP contribution in [0.4, 0.5) is 0 Å². The molecule has 0 bridgehead atoms. The molecule has 0 atom stereocenters. The SMILES string of the molecule is CCC/C=C1/CCCNCC1. The Balaban J connectivity index is 2.29. The Hall–Kier alpha value is -0.300. The minimum atomic E-state index is 1.19. The van der Waals surface area contributed by atoms with E-state index in [1.165, 1.54) is 45.2 Å². The number of rotatable bonds is 2. The van der Waals surface area contributed by atoms with E-state index in [-0.39, 0.29) is 0 Å². The van der Waals surface area contributed by atoms with Crippen LogP contribution in [-0.2, 0) is 0 Å². The molecule has 0 spiro atoms. The lowest BCUT2D eigenvalue weighted by Gasteiger charge is -2.00. The van der Waals surface area contributed by atoms with Crippen LogP contribution in [0.5, 0.6) is 0 Å². The van der Waals surface area contributed by atoms with Crippen molar-refractivity contribution in [1.82, 2.24) is 5.32 Å². The van der Waals surface area contributed by atoms with E-state index in [0.717, 1.165) is 0 Å². The van der Waals surface area contributed by atoms with Gasteiger partial charge in [-0.1, -0.05) is 25.0 Å². The van der Waals surface area contributed by atoms with Gasteiger partial charge in [0, 0.05) is 0 Å². The topological polar surface area (TPSA) is 12.0 Å². The summed E-state index contributed by atoms with van der Waals surface area (Å²) in [6, 6.07) is 0. The Labute approximate surface area is 69.9 Å². The van der Waals surface area contributed by atoms with Crippen molar-refractivity contribution in [2.24, 2.45) is 0 Å². The van der Waals surface area contributed by atoms with E-state index in [2.05, 4.69) is 18.3 Å². The van der Waals surface area contributed by atoms with Gasteiger partial charge in [-0.15, -0.1) is 0 Å². The third kappa shape index (κ3) is 3.57. The third-order valence-corrected chi connectivity index (χ3v) is 2.20. The predicted octanol–water partition coefficient (Wildman–Crippen LogP) is 2.49. The number of hydrogen-bond donors (Lipinski definition) is 1. The Morgan fingerprint density at radius 1 is 1.36 bits per heavy atom. The fourth-order valence-corrected chi connectivity index (χ4v) is 1.49. The van der Waals surface area contributed by atoms with Gasteiger partial charge in [-0.05, 0) is 38.8 Å². The molecule has 1 heterocycles. The Bertz CT molecular complexity index is 117. The molecule has 1 fully saturated rings. The Kier molecular flexibility index (Phi) is 4.29. The van der Waals surface area contributed by atoms with Crippen LogP contribution in [0.2, 0.25) is 0 Å². The molecule has 1 N–H and O–H groups in total. The van der Waals surface area contributed by atoms with Crippen molar-refractivity contribution in [2.45, 2.75) is 39.0 Å². The lowest BCUT2D eigenvalue weighted by molar-refractivity contribution is 0.703. The molecule has 1 nitrogen and oxygen atoms in total. The van der Waals surface area contributed by atoms with Gasteiger partial charge in [0.05, 0.1) is 0 Å². The zero-order chi connectivity index (χ0) is 7.94. The first-order chi connectivity index (χ1) is 5.43. The molecule has 0 amide bonds. The van der Waals surface area contributed by atoms with Crippen molar-refractivity contribution in [3.63, 3.8) is 0 Å². The summed E-state index contributed by atoms with van der Waals surface area (Å²) in [6.45, 7) is 4.64. The van der Waals surface area contributed by atoms with Crippen molar-refractivity contribution in [2.75, 3.05) is 13.1 Å². The van der Waals surface area contributed by atoms with Crippen LogP contribution in [0.15, 0.2) is 11.6 Å². The van der Waals surface area contributed by atoms with Gasteiger partial charge in [0.25, 0.3) is 0 Å². The number of allylic oxidation sites excluding steroid dienone is 1. The normalized spacial score (nSPS) is 23.5. The first-order valence-corrected chi connectivity index (χ1v) is 4.82. The standard InChI is InChI=1S/C10H19N/c1-2-3-5-10-6-4-8-11-9-7-10/h5,11H,2-4,6-9H2,1H3/b10-5-. The fourth-order valence-electron chi connectivity index (χ4n) is 1.49. The van der Waals surface area contributed by atoms with Crippen LogP contribution in [0.25, 0.3) is 0 Å². The van der Waals surface area contributed by atoms with Crippen LogP contribution in [0.3, 0.4) is 0 Å². The third-order valence-electron chi connectivity index (χ3n) is 2.20. The van der Waals surface area contributed by atoms with Crippen molar-refractivity contribution < 1.29 is 0 Å². The maximum absolute atomic E-state index is 3.41. The van der Waals surface area contributed by atoms with E-state index >= 15 is 0 Å². The average molecular weight is 153 g/mol. The van der Waals surface area contributed by atoms with E-state index in [0.29, 0.717) is 0 Å². The van der Waals surface area contributed by atoms with Crippen LogP contribution < -0.4 is 5.32 Å². The summed E-state index contributed by atoms with van der Waals surface area (Å²) in [7, 11) is 0. The Morgan fingerprint density at radius 2 is 2.27 bits per heavy atom. The maximum Gasteiger partial charge on any atom is -0.00116 e. The van der Waals surface area contributed by atoms with Gasteiger partial charge in [0.1, 0.15) is 0 Å². The molecule has 0 aromatic rings. The summed E-state index contributed by atoms with van der Waals surface area (Å²) in [5, 5.41) is 3.41. The van der Waals surface area contributed by atoms with Crippen molar-refractivity contribution >= 4 is 0 Å². The van der Waals surface area contributed by atoms with Gasteiger partial charge in [-0.25, -0.2) is 0 Å². The second-order valence-electron chi connectivity index (χ2n) is 3.25. The van der Waals surface area contributed by atoms with Gasteiger partial charge < -0.3 is 5.32 Å². The van der Waals surface area contributed by atoms with E-state index in [1.54, 1.807) is 5.57 Å². The molecule has 0 aromatic heterocycles. The number of hydrogen-bond acceptors (Lipinski definition) is 1. The molecule has 0 saturated carbocycles. The largest absolute Gasteiger partial charge is 0.316 e. The number of nitrogens with one attached hydrogen (secondary N) is 1. The molecule has 11 heavy (non-hydrogen) atoms. The van der Waals surface area contributed by atoms with Gasteiger partial charge >= 0.3 is 0 Å². The van der Waals surface area contributed by atoms with Crippen molar-refractivity contribution in [3.05, 3.63) is 11.6 Å². The average Bonchev–Trinajstić information content (AvgIpc) is 2.28. The zero-order valence-corrected chi connectivity index (χ0v) is 7.53. The summed E-state index contributed by atoms with van der Waals surface area (Å²) in [5.74, 6) is 0. The molecule has 1 rings (SSSR count). The summed E-state index contributed by atoms with van der Waals surface area (Å²) < 4.78 is 0. The minimum Gasteiger partial charge on any atom is -0.316 e. The molecule has 0 aliphatic carbocycles. The first kappa shape index (κ1) is 8.79. The smallest absolute Gasteiger partial charge is 0.00116 e. The monoisotopic (exact) mass is 153 g/mol. The summed E-state index contributed by atoms with van der Waals surface area (Å²) in [4.78, 5) is 0. The molecule has 0 radical (unpaired) electrons. The van der Waals surface area contributed by atoms with E-state index in [4.69, 9.17) is 0 Å². The van der Waals surface area contributed by atoms with Crippen LogP contribution in [-0.4, -0.2) is 13.1 Å². The first-order valence-electron chi connectivity index (χ1n) is 4.82. The highest BCUT2D eigenvalue weighted by atomic mass is 14.8. The van der Waals surface area contributed by atoms with E-state index in [9.17, 15) is 0 Å². The van der Waals surface area contributed by atoms with E-state index in [1.807, 2.05) is 0 Å². The molecule has 1 aliphatic rings. The lowest BCUT2D eigenvalue weighted by atomic mass is 10.1. The van der Waals surface area contributed by atoms with Gasteiger partial charge in [-0.2, -0.15) is 0 Å². The summed E-state index contributed by atoms with van der Waals surface area (Å²) >= 11 is 0. The van der Waals surface area contributed by atoms with Crippen molar-refractivity contribution in [3.8, 4) is 0 Å². The van der Waals surface area contributed by atoms with Crippen LogP contribution in [0, 0.1) is 0 Å². The van der Waals surface area contributed by atoms with Crippen molar-refractivity contribution in [1.29, 1.82) is 0 Å². The summed E-state index contributed by atoms with van der Waals surface area (Å²) in [5.41, 5.74) is 1.68. The highest BCUT2D eigenvalue weighted by molar-refractivity contribution is 5.03. The highest BCUT2D eigenvalue weighted by Crippen LogP contribution is 2.13. The number of unbranched alkanes of at least 4 members (excludes halogenated alkanes) is 1. The molecule has 0 unspecified atom stereocenters. The van der Waals surface area contributed by atoms with Gasteiger partial charge in [0.15, 0.2) is 0 Å². The second kappa shape index (κ2) is 5.36. The van der Waals surface area contributed by atoms with Crippen LogP contribution >= 0.6 is 0 Å². The molecule has 1 heteroatoms. The van der Waals surface area contributed by atoms with Gasteiger partial charge in [0.2, 0.25) is 0 Å². The molecule has 64 valence electrons.